The average Bonchev–Trinajstić information content (AvgIpc) is 3.04. The van der Waals surface area contributed by atoms with E-state index in [2.05, 4.69) is 10.6 Å². The van der Waals surface area contributed by atoms with Crippen LogP contribution in [0.25, 0.3) is 0 Å². The summed E-state index contributed by atoms with van der Waals surface area (Å²) in [5.41, 5.74) is 1.04. The zero-order valence-electron chi connectivity index (χ0n) is 18.6. The Balaban J connectivity index is 1.95. The molecule has 0 aromatic heterocycles. The number of nitrogens with zero attached hydrogens (tertiary/aromatic N) is 1. The summed E-state index contributed by atoms with van der Waals surface area (Å²) >= 11 is 0. The highest BCUT2D eigenvalue weighted by atomic mass is 16.4. The molecule has 1 aliphatic heterocycles. The van der Waals surface area contributed by atoms with E-state index in [1.807, 2.05) is 44.2 Å². The molecule has 1 saturated heterocycles. The van der Waals surface area contributed by atoms with Crippen LogP contribution in [-0.4, -0.2) is 58.4 Å². The number of carbonyl (C=O) groups excluding carboxylic acids is 3. The van der Waals surface area contributed by atoms with Crippen molar-refractivity contribution in [1.82, 2.24) is 15.5 Å². The number of aryl methyl sites for hydroxylation is 1. The number of rotatable bonds is 10. The Kier molecular flexibility index (Phi) is 8.59. The number of nitrogens with one attached hydrogen (secondary N) is 2. The van der Waals surface area contributed by atoms with Gasteiger partial charge < -0.3 is 20.6 Å². The van der Waals surface area contributed by atoms with Crippen LogP contribution >= 0.6 is 0 Å². The lowest BCUT2D eigenvalue weighted by Gasteiger charge is -2.28. The Labute approximate surface area is 183 Å². The van der Waals surface area contributed by atoms with Crippen LogP contribution in [0.2, 0.25) is 0 Å². The Morgan fingerprint density at radius 3 is 2.29 bits per heavy atom. The topological polar surface area (TPSA) is 116 Å². The second-order valence-electron chi connectivity index (χ2n) is 8.68. The molecule has 0 spiro atoms. The van der Waals surface area contributed by atoms with Gasteiger partial charge in [-0.15, -0.1) is 0 Å². The van der Waals surface area contributed by atoms with Crippen molar-refractivity contribution in [1.29, 1.82) is 0 Å². The largest absolute Gasteiger partial charge is 0.480 e. The van der Waals surface area contributed by atoms with Gasteiger partial charge in [0.25, 0.3) is 0 Å². The molecule has 1 aromatic rings. The molecule has 3 amide bonds. The van der Waals surface area contributed by atoms with Gasteiger partial charge in [-0.2, -0.15) is 0 Å². The van der Waals surface area contributed by atoms with Crippen molar-refractivity contribution in [2.24, 2.45) is 11.8 Å². The Hall–Kier alpha value is -2.90. The monoisotopic (exact) mass is 431 g/mol. The molecule has 2 rings (SSSR count). The van der Waals surface area contributed by atoms with Gasteiger partial charge in [0.2, 0.25) is 17.7 Å². The van der Waals surface area contributed by atoms with Crippen molar-refractivity contribution in [2.45, 2.75) is 65.1 Å². The van der Waals surface area contributed by atoms with Crippen LogP contribution in [0.3, 0.4) is 0 Å². The van der Waals surface area contributed by atoms with Crippen LogP contribution in [0.5, 0.6) is 0 Å². The summed E-state index contributed by atoms with van der Waals surface area (Å²) in [4.78, 5) is 50.8. The molecule has 0 bridgehead atoms. The molecule has 0 saturated carbocycles. The van der Waals surface area contributed by atoms with Gasteiger partial charge in [-0.25, -0.2) is 4.79 Å². The van der Waals surface area contributed by atoms with Crippen molar-refractivity contribution in [2.75, 3.05) is 6.54 Å². The van der Waals surface area contributed by atoms with Gasteiger partial charge in [0.05, 0.1) is 0 Å². The second-order valence-corrected chi connectivity index (χ2v) is 8.68. The van der Waals surface area contributed by atoms with E-state index in [1.165, 1.54) is 4.90 Å². The number of aliphatic carboxylic acids is 1. The number of carbonyl (C=O) groups is 4. The lowest BCUT2D eigenvalue weighted by molar-refractivity contribution is -0.150. The molecule has 3 N–H and O–H groups in total. The quantitative estimate of drug-likeness (QED) is 0.520. The maximum absolute atomic E-state index is 12.8. The zero-order valence-corrected chi connectivity index (χ0v) is 18.6. The van der Waals surface area contributed by atoms with Gasteiger partial charge in [0.15, 0.2) is 0 Å². The number of hydrogen-bond acceptors (Lipinski definition) is 4. The summed E-state index contributed by atoms with van der Waals surface area (Å²) < 4.78 is 0. The third-order valence-corrected chi connectivity index (χ3v) is 5.53. The van der Waals surface area contributed by atoms with E-state index in [0.717, 1.165) is 5.56 Å². The molecule has 1 fully saturated rings. The van der Waals surface area contributed by atoms with Gasteiger partial charge in [-0.1, -0.05) is 58.0 Å². The van der Waals surface area contributed by atoms with E-state index in [-0.39, 0.29) is 30.7 Å². The SMILES string of the molecule is CC(C)C(NC(=O)CCc1ccccc1)C(=O)NC1CCN(C(C(=O)O)C(C)C)C1=O. The van der Waals surface area contributed by atoms with Crippen LogP contribution in [0, 0.1) is 11.8 Å². The molecular weight excluding hydrogens is 398 g/mol. The third-order valence-electron chi connectivity index (χ3n) is 5.53. The summed E-state index contributed by atoms with van der Waals surface area (Å²) in [7, 11) is 0. The van der Waals surface area contributed by atoms with Crippen LogP contribution in [-0.2, 0) is 25.6 Å². The molecule has 3 unspecified atom stereocenters. The van der Waals surface area contributed by atoms with Gasteiger partial charge in [0.1, 0.15) is 18.1 Å². The summed E-state index contributed by atoms with van der Waals surface area (Å²) in [5.74, 6) is -2.53. The van der Waals surface area contributed by atoms with Crippen LogP contribution in [0.4, 0.5) is 0 Å². The van der Waals surface area contributed by atoms with E-state index in [4.69, 9.17) is 0 Å². The highest BCUT2D eigenvalue weighted by Gasteiger charge is 2.41. The summed E-state index contributed by atoms with van der Waals surface area (Å²) in [6.07, 6.45) is 1.17. The maximum Gasteiger partial charge on any atom is 0.326 e. The van der Waals surface area contributed by atoms with Crippen LogP contribution in [0.15, 0.2) is 30.3 Å². The normalized spacial score (nSPS) is 18.2. The molecule has 8 nitrogen and oxygen atoms in total. The first-order valence-electron chi connectivity index (χ1n) is 10.8. The second kappa shape index (κ2) is 10.9. The fraction of sp³-hybridized carbons (Fsp3) is 0.565. The minimum absolute atomic E-state index is 0.171. The first-order valence-corrected chi connectivity index (χ1v) is 10.8. The smallest absolute Gasteiger partial charge is 0.326 e. The standard InChI is InChI=1S/C23H33N3O5/c1-14(2)19(25-18(27)11-10-16-8-6-5-7-9-16)21(28)24-17-12-13-26(22(17)29)20(15(3)4)23(30)31/h5-9,14-15,17,19-20H,10-13H2,1-4H3,(H,24,28)(H,25,27)(H,30,31). The van der Waals surface area contributed by atoms with E-state index < -0.39 is 35.9 Å². The molecule has 170 valence electrons. The highest BCUT2D eigenvalue weighted by Crippen LogP contribution is 2.20. The van der Waals surface area contributed by atoms with Crippen LogP contribution in [0.1, 0.15) is 46.1 Å². The predicted octanol–water partition coefficient (Wildman–Crippen LogP) is 1.59. The van der Waals surface area contributed by atoms with Gasteiger partial charge in [-0.05, 0) is 30.2 Å². The molecule has 3 atom stereocenters. The zero-order chi connectivity index (χ0) is 23.1. The van der Waals surface area contributed by atoms with Crippen molar-refractivity contribution >= 4 is 23.7 Å². The summed E-state index contributed by atoms with van der Waals surface area (Å²) in [6, 6.07) is 7.14. The summed E-state index contributed by atoms with van der Waals surface area (Å²) in [6.45, 7) is 7.41. The Bertz CT molecular complexity index is 794. The minimum atomic E-state index is -1.05. The van der Waals surface area contributed by atoms with E-state index in [1.54, 1.807) is 13.8 Å². The van der Waals surface area contributed by atoms with E-state index >= 15 is 0 Å². The molecule has 31 heavy (non-hydrogen) atoms. The molecule has 1 aliphatic rings. The fourth-order valence-electron chi connectivity index (χ4n) is 3.84. The minimum Gasteiger partial charge on any atom is -0.480 e. The Morgan fingerprint density at radius 2 is 1.74 bits per heavy atom. The molecular formula is C23H33N3O5. The first-order chi connectivity index (χ1) is 14.6. The molecule has 8 heteroatoms. The number of carboxylic acid groups (broad SMARTS) is 1. The maximum atomic E-state index is 12.8. The number of carboxylic acids is 1. The average molecular weight is 432 g/mol. The lowest BCUT2D eigenvalue weighted by Crippen LogP contribution is -2.54. The van der Waals surface area contributed by atoms with E-state index in [0.29, 0.717) is 12.8 Å². The molecule has 1 heterocycles. The number of benzene rings is 1. The Morgan fingerprint density at radius 1 is 1.10 bits per heavy atom. The van der Waals surface area contributed by atoms with Crippen molar-refractivity contribution in [3.63, 3.8) is 0 Å². The van der Waals surface area contributed by atoms with Crippen LogP contribution < -0.4 is 10.6 Å². The molecule has 1 aromatic carbocycles. The fourth-order valence-corrected chi connectivity index (χ4v) is 3.84. The first kappa shape index (κ1) is 24.4. The summed E-state index contributed by atoms with van der Waals surface area (Å²) in [5, 5.41) is 14.9. The highest BCUT2D eigenvalue weighted by molar-refractivity contribution is 5.94. The predicted molar refractivity (Wildman–Crippen MR) is 116 cm³/mol. The number of amides is 3. The van der Waals surface area contributed by atoms with Crippen molar-refractivity contribution in [3.05, 3.63) is 35.9 Å². The molecule has 0 radical (unpaired) electrons. The van der Waals surface area contributed by atoms with Gasteiger partial charge in [-0.3, -0.25) is 14.4 Å². The lowest BCUT2D eigenvalue weighted by atomic mass is 10.0. The molecule has 0 aliphatic carbocycles. The number of hydrogen-bond donors (Lipinski definition) is 3. The van der Waals surface area contributed by atoms with Gasteiger partial charge >= 0.3 is 5.97 Å². The van der Waals surface area contributed by atoms with Crippen molar-refractivity contribution in [3.8, 4) is 0 Å². The third kappa shape index (κ3) is 6.54. The number of likely N-dealkylation sites (tertiary alicyclic amines) is 1. The van der Waals surface area contributed by atoms with Crippen molar-refractivity contribution < 1.29 is 24.3 Å². The van der Waals surface area contributed by atoms with Gasteiger partial charge in [0, 0.05) is 13.0 Å². The van der Waals surface area contributed by atoms with E-state index in [9.17, 15) is 24.3 Å².